The normalized spacial score (nSPS) is 12.2. The number of carboxylic acid groups (broad SMARTS) is 1. The number of aromatic nitrogens is 2. The van der Waals surface area contributed by atoms with Gasteiger partial charge in [0.2, 0.25) is 0 Å². The number of para-hydroxylation sites is 2. The van der Waals surface area contributed by atoms with Gasteiger partial charge in [0.05, 0.1) is 11.0 Å². The Bertz CT molecular complexity index is 2340. The third-order valence-corrected chi connectivity index (χ3v) is 9.86. The van der Waals surface area contributed by atoms with Crippen molar-refractivity contribution >= 4 is 87.7 Å². The predicted octanol–water partition coefficient (Wildman–Crippen LogP) is 9.35. The number of carboxylic acids is 1. The molecule has 0 radical (unpaired) electrons. The molecule has 194 valence electrons. The molecule has 5 nitrogen and oxygen atoms in total. The lowest BCUT2D eigenvalue weighted by Crippen LogP contribution is -1.96. The van der Waals surface area contributed by atoms with Gasteiger partial charge in [0.1, 0.15) is 11.6 Å². The van der Waals surface area contributed by atoms with E-state index >= 15 is 0 Å². The Morgan fingerprint density at radius 3 is 2.12 bits per heavy atom. The van der Waals surface area contributed by atoms with E-state index in [2.05, 4.69) is 101 Å². The molecule has 4 aromatic heterocycles. The second-order valence-electron chi connectivity index (χ2n) is 9.95. The Balaban J connectivity index is 1.25. The molecule has 0 atom stereocenters. The maximum atomic E-state index is 11.2. The van der Waals surface area contributed by atoms with Crippen LogP contribution in [-0.2, 0) is 4.79 Å². The quantitative estimate of drug-likeness (QED) is 0.165. The first-order valence-corrected chi connectivity index (χ1v) is 14.6. The van der Waals surface area contributed by atoms with Gasteiger partial charge < -0.3 is 14.7 Å². The lowest BCUT2D eigenvalue weighted by atomic mass is 10.1. The standard InChI is InChI=1S/C34H19N3O2S2/c35-18-20(34(38)39)13-22-16-32-33(40-22)17-31(41-32)19-9-11-27-25(14-19)26-15-21(10-12-28(26)36-27)37-29-7-3-1-5-23(29)24-6-2-4-8-30(24)37/h1-17,36H,(H,38,39)/b20-13-. The summed E-state index contributed by atoms with van der Waals surface area (Å²) < 4.78 is 4.49. The molecule has 0 fully saturated rings. The fourth-order valence-electron chi connectivity index (χ4n) is 5.73. The monoisotopic (exact) mass is 565 g/mol. The lowest BCUT2D eigenvalue weighted by molar-refractivity contribution is -0.132. The highest BCUT2D eigenvalue weighted by atomic mass is 32.1. The summed E-state index contributed by atoms with van der Waals surface area (Å²) in [6.45, 7) is 0. The number of hydrogen-bond acceptors (Lipinski definition) is 4. The second kappa shape index (κ2) is 8.93. The van der Waals surface area contributed by atoms with Gasteiger partial charge in [-0.25, -0.2) is 4.79 Å². The Kier molecular flexibility index (Phi) is 5.16. The van der Waals surface area contributed by atoms with Crippen LogP contribution in [0.1, 0.15) is 4.88 Å². The van der Waals surface area contributed by atoms with E-state index in [1.807, 2.05) is 6.07 Å². The van der Waals surface area contributed by atoms with Crippen molar-refractivity contribution in [3.8, 4) is 22.2 Å². The number of nitrogens with zero attached hydrogens (tertiary/aromatic N) is 2. The van der Waals surface area contributed by atoms with Gasteiger partial charge in [-0.3, -0.25) is 0 Å². The van der Waals surface area contributed by atoms with Crippen LogP contribution in [0.3, 0.4) is 0 Å². The van der Waals surface area contributed by atoms with Crippen LogP contribution in [0.25, 0.3) is 75.2 Å². The van der Waals surface area contributed by atoms with E-state index in [1.165, 1.54) is 50.0 Å². The first kappa shape index (κ1) is 23.7. The first-order valence-electron chi connectivity index (χ1n) is 13.0. The van der Waals surface area contributed by atoms with E-state index in [0.717, 1.165) is 41.4 Å². The first-order chi connectivity index (χ1) is 20.1. The number of aromatic amines is 1. The number of carbonyl (C=O) groups is 1. The van der Waals surface area contributed by atoms with Gasteiger partial charge in [-0.1, -0.05) is 42.5 Å². The molecular weight excluding hydrogens is 547 g/mol. The van der Waals surface area contributed by atoms with Crippen LogP contribution < -0.4 is 0 Å². The fourth-order valence-corrected chi connectivity index (χ4v) is 8.08. The molecule has 2 N–H and O–H groups in total. The van der Waals surface area contributed by atoms with Crippen molar-refractivity contribution in [3.05, 3.63) is 108 Å². The molecule has 41 heavy (non-hydrogen) atoms. The van der Waals surface area contributed by atoms with Crippen LogP contribution >= 0.6 is 22.7 Å². The second-order valence-corrected chi connectivity index (χ2v) is 12.1. The van der Waals surface area contributed by atoms with Crippen LogP contribution in [-0.4, -0.2) is 20.6 Å². The predicted molar refractivity (Wildman–Crippen MR) is 170 cm³/mol. The molecule has 0 aliphatic heterocycles. The van der Waals surface area contributed by atoms with Crippen LogP contribution in [0.15, 0.2) is 103 Å². The molecule has 8 rings (SSSR count). The molecule has 0 aliphatic carbocycles. The highest BCUT2D eigenvalue weighted by Crippen LogP contribution is 2.41. The van der Waals surface area contributed by atoms with E-state index in [-0.39, 0.29) is 5.57 Å². The van der Waals surface area contributed by atoms with Crippen molar-refractivity contribution in [2.24, 2.45) is 0 Å². The van der Waals surface area contributed by atoms with Gasteiger partial charge >= 0.3 is 5.97 Å². The lowest BCUT2D eigenvalue weighted by Gasteiger charge is -2.08. The molecule has 7 heteroatoms. The summed E-state index contributed by atoms with van der Waals surface area (Å²) in [6, 6.07) is 36.1. The van der Waals surface area contributed by atoms with Crippen LogP contribution in [0, 0.1) is 11.3 Å². The Morgan fingerprint density at radius 1 is 0.780 bits per heavy atom. The van der Waals surface area contributed by atoms with E-state index in [1.54, 1.807) is 17.4 Å². The number of benzene rings is 4. The zero-order valence-corrected chi connectivity index (χ0v) is 23.0. The Hall–Kier alpha value is -5.16. The van der Waals surface area contributed by atoms with Gasteiger partial charge in [-0.05, 0) is 66.2 Å². The number of thiophene rings is 2. The molecule has 0 saturated carbocycles. The number of H-pyrrole nitrogens is 1. The molecule has 0 amide bonds. The molecule has 0 unspecified atom stereocenters. The van der Waals surface area contributed by atoms with Crippen molar-refractivity contribution in [1.82, 2.24) is 9.55 Å². The highest BCUT2D eigenvalue weighted by molar-refractivity contribution is 7.29. The summed E-state index contributed by atoms with van der Waals surface area (Å²) in [6.07, 6.45) is 1.44. The maximum Gasteiger partial charge on any atom is 0.346 e. The zero-order chi connectivity index (χ0) is 27.7. The molecule has 4 aromatic carbocycles. The SMILES string of the molecule is N#C/C(=C/c1cc2sc(-c3ccc4[nH]c5ccc(-n6c7ccccc7c7ccccc76)cc5c4c3)cc2s1)C(=O)O. The van der Waals surface area contributed by atoms with E-state index in [9.17, 15) is 9.90 Å². The number of nitrogens with one attached hydrogen (secondary N) is 1. The fraction of sp³-hybridized carbons (Fsp3) is 0. The van der Waals surface area contributed by atoms with Gasteiger partial charge in [-0.15, -0.1) is 22.7 Å². The summed E-state index contributed by atoms with van der Waals surface area (Å²) in [5.41, 5.74) is 6.55. The maximum absolute atomic E-state index is 11.2. The Morgan fingerprint density at radius 2 is 1.44 bits per heavy atom. The van der Waals surface area contributed by atoms with Crippen molar-refractivity contribution in [2.45, 2.75) is 0 Å². The van der Waals surface area contributed by atoms with Crippen molar-refractivity contribution < 1.29 is 9.90 Å². The van der Waals surface area contributed by atoms with Crippen molar-refractivity contribution in [2.75, 3.05) is 0 Å². The molecule has 0 aliphatic rings. The molecule has 4 heterocycles. The summed E-state index contributed by atoms with van der Waals surface area (Å²) in [5, 5.41) is 23.1. The highest BCUT2D eigenvalue weighted by Gasteiger charge is 2.15. The average molecular weight is 566 g/mol. The van der Waals surface area contributed by atoms with Crippen LogP contribution in [0.2, 0.25) is 0 Å². The third-order valence-electron chi connectivity index (χ3n) is 7.57. The summed E-state index contributed by atoms with van der Waals surface area (Å²) in [4.78, 5) is 16.7. The van der Waals surface area contributed by atoms with Gasteiger partial charge in [0.25, 0.3) is 0 Å². The molecular formula is C34H19N3O2S2. The van der Waals surface area contributed by atoms with Gasteiger partial charge in [0.15, 0.2) is 0 Å². The summed E-state index contributed by atoms with van der Waals surface area (Å²) in [5.74, 6) is -1.21. The number of nitriles is 1. The molecule has 8 aromatic rings. The number of fused-ring (bicyclic) bond motifs is 7. The average Bonchev–Trinajstić information content (AvgIpc) is 3.74. The van der Waals surface area contributed by atoms with Crippen LogP contribution in [0.4, 0.5) is 0 Å². The smallest absolute Gasteiger partial charge is 0.346 e. The zero-order valence-electron chi connectivity index (χ0n) is 21.4. The molecule has 0 bridgehead atoms. The minimum atomic E-state index is -1.21. The minimum absolute atomic E-state index is 0.260. The molecule has 0 spiro atoms. The van der Waals surface area contributed by atoms with Crippen molar-refractivity contribution in [3.63, 3.8) is 0 Å². The van der Waals surface area contributed by atoms with Crippen molar-refractivity contribution in [1.29, 1.82) is 5.26 Å². The summed E-state index contributed by atoms with van der Waals surface area (Å²) in [7, 11) is 0. The topological polar surface area (TPSA) is 81.8 Å². The molecule has 0 saturated heterocycles. The van der Waals surface area contributed by atoms with Gasteiger partial charge in [-0.2, -0.15) is 5.26 Å². The third kappa shape index (κ3) is 3.70. The van der Waals surface area contributed by atoms with E-state index in [4.69, 9.17) is 5.26 Å². The van der Waals surface area contributed by atoms with E-state index in [0.29, 0.717) is 0 Å². The number of aliphatic carboxylic acids is 1. The van der Waals surface area contributed by atoms with E-state index < -0.39 is 5.97 Å². The van der Waals surface area contributed by atoms with Crippen LogP contribution in [0.5, 0.6) is 0 Å². The van der Waals surface area contributed by atoms with Gasteiger partial charge in [0, 0.05) is 57.4 Å². The Labute approximate surface area is 241 Å². The number of hydrogen-bond donors (Lipinski definition) is 2. The largest absolute Gasteiger partial charge is 0.477 e. The number of rotatable bonds is 4. The summed E-state index contributed by atoms with van der Waals surface area (Å²) >= 11 is 3.17. The minimum Gasteiger partial charge on any atom is -0.477 e.